The molecule has 0 saturated carbocycles. The average molecular weight is 159 g/mol. The molecule has 0 unspecified atom stereocenters. The lowest BCUT2D eigenvalue weighted by Gasteiger charge is -1.97. The van der Waals surface area contributed by atoms with Gasteiger partial charge in [-0.25, -0.2) is 0 Å². The molecule has 0 aliphatic rings. The molecule has 0 spiro atoms. The van der Waals surface area contributed by atoms with Gasteiger partial charge in [-0.1, -0.05) is 0 Å². The zero-order chi connectivity index (χ0) is 7.82. The summed E-state index contributed by atoms with van der Waals surface area (Å²) in [7, 11) is 0. The van der Waals surface area contributed by atoms with Crippen molar-refractivity contribution < 1.29 is 9.53 Å². The fourth-order valence-corrected chi connectivity index (χ4v) is 0.826. The predicted molar refractivity (Wildman–Crippen MR) is 39.6 cm³/mol. The number of esters is 1. The highest BCUT2D eigenvalue weighted by Crippen LogP contribution is 1.98. The van der Waals surface area contributed by atoms with Crippen LogP contribution in [-0.2, 0) is 9.53 Å². The predicted octanol–water partition coefficient (Wildman–Crippen LogP) is 0.806. The molecule has 0 aromatic carbocycles. The van der Waals surface area contributed by atoms with Crippen molar-refractivity contribution in [1.29, 1.82) is 5.26 Å². The molecular weight excluding hydrogens is 150 g/mol. The molecule has 0 aliphatic carbocycles. The normalized spacial score (nSPS) is 8.40. The van der Waals surface area contributed by atoms with Crippen molar-refractivity contribution in [1.82, 2.24) is 0 Å². The van der Waals surface area contributed by atoms with E-state index in [1.165, 1.54) is 11.8 Å². The summed E-state index contributed by atoms with van der Waals surface area (Å²) in [5.74, 6) is 0.378. The first kappa shape index (κ1) is 9.31. The van der Waals surface area contributed by atoms with E-state index < -0.39 is 0 Å². The first-order chi connectivity index (χ1) is 4.81. The molecule has 0 aliphatic heterocycles. The highest BCUT2D eigenvalue weighted by molar-refractivity contribution is 8.00. The minimum absolute atomic E-state index is 0.247. The quantitative estimate of drug-likeness (QED) is 0.450. The smallest absolute Gasteiger partial charge is 0.315 e. The van der Waals surface area contributed by atoms with E-state index in [1.54, 1.807) is 6.92 Å². The van der Waals surface area contributed by atoms with Gasteiger partial charge in [-0.2, -0.15) is 5.26 Å². The van der Waals surface area contributed by atoms with Crippen LogP contribution in [0.1, 0.15) is 6.92 Å². The van der Waals surface area contributed by atoms with Gasteiger partial charge in [0, 0.05) is 0 Å². The Labute approximate surface area is 64.4 Å². The second-order valence-corrected chi connectivity index (χ2v) is 2.44. The zero-order valence-corrected chi connectivity index (χ0v) is 6.61. The van der Waals surface area contributed by atoms with Crippen molar-refractivity contribution >= 4 is 17.7 Å². The molecule has 0 aromatic heterocycles. The molecule has 0 bridgehead atoms. The van der Waals surface area contributed by atoms with Crippen LogP contribution in [0.15, 0.2) is 0 Å². The molecular formula is C6H9NO2S. The lowest BCUT2D eigenvalue weighted by molar-refractivity contribution is -0.139. The topological polar surface area (TPSA) is 50.1 Å². The molecule has 0 rings (SSSR count). The van der Waals surface area contributed by atoms with Crippen molar-refractivity contribution in [2.45, 2.75) is 6.92 Å². The van der Waals surface area contributed by atoms with Crippen LogP contribution >= 0.6 is 11.8 Å². The van der Waals surface area contributed by atoms with E-state index in [9.17, 15) is 4.79 Å². The van der Waals surface area contributed by atoms with Gasteiger partial charge >= 0.3 is 5.97 Å². The van der Waals surface area contributed by atoms with Crippen LogP contribution in [0, 0.1) is 11.3 Å². The fourth-order valence-electron chi connectivity index (χ4n) is 0.383. The molecule has 0 amide bonds. The molecule has 3 nitrogen and oxygen atoms in total. The molecule has 0 fully saturated rings. The molecule has 4 heteroatoms. The number of thioether (sulfide) groups is 1. The largest absolute Gasteiger partial charge is 0.465 e. The maximum Gasteiger partial charge on any atom is 0.315 e. The number of carbonyl (C=O) groups is 1. The number of nitrogens with zero attached hydrogens (tertiary/aromatic N) is 1. The summed E-state index contributed by atoms with van der Waals surface area (Å²) in [5, 5.41) is 8.09. The van der Waals surface area contributed by atoms with Crippen LogP contribution in [0.25, 0.3) is 0 Å². The van der Waals surface area contributed by atoms with E-state index in [-0.39, 0.29) is 11.7 Å². The van der Waals surface area contributed by atoms with Gasteiger partial charge in [-0.3, -0.25) is 4.79 Å². The van der Waals surface area contributed by atoms with Crippen molar-refractivity contribution in [2.24, 2.45) is 0 Å². The highest BCUT2D eigenvalue weighted by atomic mass is 32.2. The van der Waals surface area contributed by atoms with Gasteiger partial charge < -0.3 is 4.74 Å². The van der Waals surface area contributed by atoms with Crippen LogP contribution < -0.4 is 0 Å². The van der Waals surface area contributed by atoms with Gasteiger partial charge in [0.05, 0.1) is 24.2 Å². The Balaban J connectivity index is 3.15. The van der Waals surface area contributed by atoms with Gasteiger partial charge in [0.25, 0.3) is 0 Å². The van der Waals surface area contributed by atoms with E-state index in [4.69, 9.17) is 5.26 Å². The monoisotopic (exact) mass is 159 g/mol. The Hall–Kier alpha value is -0.690. The van der Waals surface area contributed by atoms with Crippen LogP contribution in [0.5, 0.6) is 0 Å². The summed E-state index contributed by atoms with van der Waals surface area (Å²) < 4.78 is 4.62. The number of carbonyl (C=O) groups excluding carboxylic acids is 1. The zero-order valence-electron chi connectivity index (χ0n) is 5.79. The number of nitriles is 1. The minimum atomic E-state index is -0.247. The Morgan fingerprint density at radius 2 is 2.50 bits per heavy atom. The molecule has 0 N–H and O–H groups in total. The van der Waals surface area contributed by atoms with Crippen molar-refractivity contribution in [3.63, 3.8) is 0 Å². The summed E-state index contributed by atoms with van der Waals surface area (Å²) in [6.45, 7) is 2.17. The van der Waals surface area contributed by atoms with Gasteiger partial charge in [-0.15, -0.1) is 11.8 Å². The Morgan fingerprint density at radius 3 is 3.00 bits per heavy atom. The maximum atomic E-state index is 10.6. The Kier molecular flexibility index (Phi) is 5.99. The average Bonchev–Trinajstić information content (AvgIpc) is 1.89. The van der Waals surface area contributed by atoms with E-state index >= 15 is 0 Å². The molecule has 10 heavy (non-hydrogen) atoms. The molecule has 0 atom stereocenters. The van der Waals surface area contributed by atoms with E-state index in [1.807, 2.05) is 6.07 Å². The molecule has 0 radical (unpaired) electrons. The highest BCUT2D eigenvalue weighted by Gasteiger charge is 1.99. The Morgan fingerprint density at radius 1 is 1.80 bits per heavy atom. The van der Waals surface area contributed by atoms with Crippen LogP contribution in [0.2, 0.25) is 0 Å². The van der Waals surface area contributed by atoms with Gasteiger partial charge in [0.1, 0.15) is 0 Å². The van der Waals surface area contributed by atoms with Gasteiger partial charge in [0.2, 0.25) is 0 Å². The van der Waals surface area contributed by atoms with Crippen molar-refractivity contribution in [3.05, 3.63) is 0 Å². The standard InChI is InChI=1S/C6H9NO2S/c1-2-9-6(8)5-10-4-3-7/h2,4-5H2,1H3. The third-order valence-electron chi connectivity index (χ3n) is 0.692. The third-order valence-corrected chi connectivity index (χ3v) is 1.46. The number of rotatable bonds is 4. The summed E-state index contributed by atoms with van der Waals surface area (Å²) in [6.07, 6.45) is 0. The number of hydrogen-bond donors (Lipinski definition) is 0. The number of ether oxygens (including phenoxy) is 1. The van der Waals surface area contributed by atoms with Crippen LogP contribution in [-0.4, -0.2) is 24.1 Å². The number of hydrogen-bond acceptors (Lipinski definition) is 4. The molecule has 0 aromatic rings. The van der Waals surface area contributed by atoms with E-state index in [0.717, 1.165) is 0 Å². The maximum absolute atomic E-state index is 10.6. The van der Waals surface area contributed by atoms with Gasteiger partial charge in [0.15, 0.2) is 0 Å². The van der Waals surface area contributed by atoms with Crippen molar-refractivity contribution in [2.75, 3.05) is 18.1 Å². The SMILES string of the molecule is CCOC(=O)CSCC#N. The Bertz CT molecular complexity index is 141. The first-order valence-corrected chi connectivity index (χ1v) is 4.07. The molecule has 0 heterocycles. The van der Waals surface area contributed by atoms with Crippen LogP contribution in [0.3, 0.4) is 0 Å². The third kappa shape index (κ3) is 5.45. The fraction of sp³-hybridized carbons (Fsp3) is 0.667. The molecule has 56 valence electrons. The summed E-state index contributed by atoms with van der Waals surface area (Å²) in [4.78, 5) is 10.6. The molecule has 0 saturated heterocycles. The summed E-state index contributed by atoms with van der Waals surface area (Å²) in [6, 6.07) is 1.92. The second-order valence-electron chi connectivity index (χ2n) is 1.46. The first-order valence-electron chi connectivity index (χ1n) is 2.91. The van der Waals surface area contributed by atoms with Crippen LogP contribution in [0.4, 0.5) is 0 Å². The van der Waals surface area contributed by atoms with E-state index in [0.29, 0.717) is 12.4 Å². The summed E-state index contributed by atoms with van der Waals surface area (Å²) >= 11 is 1.27. The van der Waals surface area contributed by atoms with E-state index in [2.05, 4.69) is 4.74 Å². The lowest BCUT2D eigenvalue weighted by atomic mass is 10.8. The summed E-state index contributed by atoms with van der Waals surface area (Å²) in [5.41, 5.74) is 0. The van der Waals surface area contributed by atoms with Gasteiger partial charge in [-0.05, 0) is 6.92 Å². The lowest BCUT2D eigenvalue weighted by Crippen LogP contribution is -2.06. The second kappa shape index (κ2) is 6.43. The minimum Gasteiger partial charge on any atom is -0.465 e. The van der Waals surface area contributed by atoms with Crippen molar-refractivity contribution in [3.8, 4) is 6.07 Å².